The number of morpholine rings is 1. The Morgan fingerprint density at radius 3 is 2.33 bits per heavy atom. The predicted octanol–water partition coefficient (Wildman–Crippen LogP) is 5.31. The van der Waals surface area contributed by atoms with Gasteiger partial charge in [0.2, 0.25) is 0 Å². The average Bonchev–Trinajstić information content (AvgIpc) is 2.89. The number of methoxy groups -OCH3 is 1. The van der Waals surface area contributed by atoms with Crippen molar-refractivity contribution >= 4 is 11.1 Å². The summed E-state index contributed by atoms with van der Waals surface area (Å²) in [6.07, 6.45) is 2.03. The van der Waals surface area contributed by atoms with Crippen LogP contribution in [0.1, 0.15) is 28.7 Å². The number of rotatable bonds is 7. The van der Waals surface area contributed by atoms with Crippen LogP contribution < -0.4 is 9.47 Å². The molecule has 1 aliphatic carbocycles. The van der Waals surface area contributed by atoms with E-state index in [0.717, 1.165) is 57.2 Å². The molecule has 0 unspecified atom stereocenters. The Morgan fingerprint density at radius 1 is 0.818 bits per heavy atom. The van der Waals surface area contributed by atoms with Crippen molar-refractivity contribution in [3.8, 4) is 11.5 Å². The number of allylic oxidation sites excluding steroid dienone is 1. The molecule has 170 valence electrons. The highest BCUT2D eigenvalue weighted by Crippen LogP contribution is 2.42. The minimum atomic E-state index is 0.694. The largest absolute Gasteiger partial charge is 0.497 e. The van der Waals surface area contributed by atoms with Gasteiger partial charge in [0.15, 0.2) is 0 Å². The smallest absolute Gasteiger partial charge is 0.119 e. The minimum absolute atomic E-state index is 0.694. The van der Waals surface area contributed by atoms with E-state index in [1.54, 1.807) is 7.11 Å². The first kappa shape index (κ1) is 21.7. The van der Waals surface area contributed by atoms with E-state index >= 15 is 0 Å². The molecule has 0 bridgehead atoms. The Hall–Kier alpha value is -3.08. The number of ether oxygens (including phenoxy) is 3. The van der Waals surface area contributed by atoms with E-state index < -0.39 is 0 Å². The Balaban J connectivity index is 1.41. The zero-order valence-corrected chi connectivity index (χ0v) is 19.3. The molecule has 1 heterocycles. The molecule has 0 saturated carbocycles. The lowest BCUT2D eigenvalue weighted by atomic mass is 9.79. The topological polar surface area (TPSA) is 30.9 Å². The molecule has 3 aromatic rings. The summed E-state index contributed by atoms with van der Waals surface area (Å²) in [6.45, 7) is 5.25. The molecule has 4 nitrogen and oxygen atoms in total. The van der Waals surface area contributed by atoms with Crippen LogP contribution in [-0.2, 0) is 11.2 Å². The normalized spacial score (nSPS) is 16.4. The molecule has 0 radical (unpaired) electrons. The van der Waals surface area contributed by atoms with Crippen LogP contribution in [-0.4, -0.2) is 51.5 Å². The van der Waals surface area contributed by atoms with Crippen molar-refractivity contribution in [2.24, 2.45) is 0 Å². The third kappa shape index (κ3) is 4.97. The standard InChI is InChI=1S/C29H31NO3/c1-31-26-12-14-28-24(21-26)9-13-27(22-5-3-2-4-6-22)29(28)23-7-10-25(11-8-23)33-20-17-30-15-18-32-19-16-30/h2-8,10-12,14,21H,9,13,15-20H2,1H3. The maximum absolute atomic E-state index is 6.05. The number of nitrogens with zero attached hydrogens (tertiary/aromatic N) is 1. The zero-order valence-electron chi connectivity index (χ0n) is 19.3. The van der Waals surface area contributed by atoms with E-state index in [9.17, 15) is 0 Å². The highest BCUT2D eigenvalue weighted by atomic mass is 16.5. The molecule has 0 aromatic heterocycles. The number of fused-ring (bicyclic) bond motifs is 1. The maximum atomic E-state index is 6.05. The fourth-order valence-electron chi connectivity index (χ4n) is 4.79. The molecule has 2 aliphatic rings. The van der Waals surface area contributed by atoms with Crippen molar-refractivity contribution in [3.63, 3.8) is 0 Å². The second-order valence-corrected chi connectivity index (χ2v) is 8.57. The molecule has 1 saturated heterocycles. The van der Waals surface area contributed by atoms with Crippen LogP contribution in [0.4, 0.5) is 0 Å². The molecule has 0 atom stereocenters. The van der Waals surface area contributed by atoms with E-state index in [0.29, 0.717) is 6.61 Å². The molecule has 1 fully saturated rings. The van der Waals surface area contributed by atoms with Crippen LogP contribution in [0.2, 0.25) is 0 Å². The van der Waals surface area contributed by atoms with Crippen LogP contribution in [0.25, 0.3) is 11.1 Å². The Labute approximate surface area is 196 Å². The van der Waals surface area contributed by atoms with Crippen LogP contribution in [0.5, 0.6) is 11.5 Å². The quantitative estimate of drug-likeness (QED) is 0.497. The monoisotopic (exact) mass is 441 g/mol. The van der Waals surface area contributed by atoms with Gasteiger partial charge in [-0.05, 0) is 70.5 Å². The predicted molar refractivity (Wildman–Crippen MR) is 133 cm³/mol. The van der Waals surface area contributed by atoms with Crippen molar-refractivity contribution < 1.29 is 14.2 Å². The van der Waals surface area contributed by atoms with E-state index in [4.69, 9.17) is 14.2 Å². The van der Waals surface area contributed by atoms with E-state index in [1.165, 1.54) is 33.4 Å². The van der Waals surface area contributed by atoms with Crippen molar-refractivity contribution in [2.45, 2.75) is 12.8 Å². The highest BCUT2D eigenvalue weighted by Gasteiger charge is 2.22. The lowest BCUT2D eigenvalue weighted by Crippen LogP contribution is -2.38. The number of hydrogen-bond donors (Lipinski definition) is 0. The van der Waals surface area contributed by atoms with Crippen molar-refractivity contribution in [1.29, 1.82) is 0 Å². The van der Waals surface area contributed by atoms with Crippen LogP contribution in [0.3, 0.4) is 0 Å². The molecule has 3 aromatic carbocycles. The van der Waals surface area contributed by atoms with E-state index in [2.05, 4.69) is 77.7 Å². The number of hydrogen-bond acceptors (Lipinski definition) is 4. The molecule has 1 aliphatic heterocycles. The second-order valence-electron chi connectivity index (χ2n) is 8.57. The molecule has 0 N–H and O–H groups in total. The fourth-order valence-corrected chi connectivity index (χ4v) is 4.79. The summed E-state index contributed by atoms with van der Waals surface area (Å²) < 4.78 is 17.0. The van der Waals surface area contributed by atoms with Gasteiger partial charge >= 0.3 is 0 Å². The summed E-state index contributed by atoms with van der Waals surface area (Å²) in [7, 11) is 1.73. The van der Waals surface area contributed by atoms with Crippen LogP contribution in [0, 0.1) is 0 Å². The van der Waals surface area contributed by atoms with Gasteiger partial charge in [-0.1, -0.05) is 48.5 Å². The summed E-state index contributed by atoms with van der Waals surface area (Å²) in [4.78, 5) is 2.39. The zero-order chi connectivity index (χ0) is 22.5. The number of benzene rings is 3. The number of aryl methyl sites for hydroxylation is 1. The maximum Gasteiger partial charge on any atom is 0.119 e. The van der Waals surface area contributed by atoms with Crippen molar-refractivity contribution in [3.05, 3.63) is 95.1 Å². The summed E-state index contributed by atoms with van der Waals surface area (Å²) >= 11 is 0. The van der Waals surface area contributed by atoms with Gasteiger partial charge in [0.05, 0.1) is 20.3 Å². The first-order valence-electron chi connectivity index (χ1n) is 11.8. The third-order valence-corrected chi connectivity index (χ3v) is 6.57. The summed E-state index contributed by atoms with van der Waals surface area (Å²) in [5.41, 5.74) is 7.86. The van der Waals surface area contributed by atoms with Crippen molar-refractivity contribution in [1.82, 2.24) is 4.90 Å². The lowest BCUT2D eigenvalue weighted by Gasteiger charge is -2.26. The summed E-state index contributed by atoms with van der Waals surface area (Å²) in [5.74, 6) is 1.83. The molecule has 0 amide bonds. The Kier molecular flexibility index (Phi) is 6.75. The van der Waals surface area contributed by atoms with Gasteiger partial charge in [-0.25, -0.2) is 0 Å². The van der Waals surface area contributed by atoms with Gasteiger partial charge in [-0.3, -0.25) is 4.90 Å². The SMILES string of the molecule is COc1ccc2c(c1)CCC(c1ccccc1)=C2c1ccc(OCCN2CCOCC2)cc1. The molecule has 4 heteroatoms. The highest BCUT2D eigenvalue weighted by molar-refractivity contribution is 6.00. The minimum Gasteiger partial charge on any atom is -0.497 e. The first-order chi connectivity index (χ1) is 16.3. The van der Waals surface area contributed by atoms with Crippen molar-refractivity contribution in [2.75, 3.05) is 46.6 Å². The average molecular weight is 442 g/mol. The second kappa shape index (κ2) is 10.2. The lowest BCUT2D eigenvalue weighted by molar-refractivity contribution is 0.0322. The van der Waals surface area contributed by atoms with Gasteiger partial charge in [0, 0.05) is 19.6 Å². The van der Waals surface area contributed by atoms with Gasteiger partial charge < -0.3 is 14.2 Å². The van der Waals surface area contributed by atoms with Gasteiger partial charge in [0.25, 0.3) is 0 Å². The summed E-state index contributed by atoms with van der Waals surface area (Å²) in [6, 6.07) is 25.8. The molecule has 0 spiro atoms. The third-order valence-electron chi connectivity index (χ3n) is 6.57. The Morgan fingerprint density at radius 2 is 1.58 bits per heavy atom. The van der Waals surface area contributed by atoms with Gasteiger partial charge in [-0.2, -0.15) is 0 Å². The van der Waals surface area contributed by atoms with Crippen LogP contribution in [0.15, 0.2) is 72.8 Å². The van der Waals surface area contributed by atoms with Gasteiger partial charge in [-0.15, -0.1) is 0 Å². The molecule has 5 rings (SSSR count). The fraction of sp³-hybridized carbons (Fsp3) is 0.310. The van der Waals surface area contributed by atoms with Crippen LogP contribution >= 0.6 is 0 Å². The summed E-state index contributed by atoms with van der Waals surface area (Å²) in [5, 5.41) is 0. The molecular weight excluding hydrogens is 410 g/mol. The van der Waals surface area contributed by atoms with E-state index in [1.807, 2.05) is 0 Å². The first-order valence-corrected chi connectivity index (χ1v) is 11.8. The molecular formula is C29H31NO3. The van der Waals surface area contributed by atoms with Gasteiger partial charge in [0.1, 0.15) is 18.1 Å². The Bertz CT molecular complexity index is 1100. The van der Waals surface area contributed by atoms with E-state index in [-0.39, 0.29) is 0 Å². The molecule has 33 heavy (non-hydrogen) atoms.